The molecule has 17 heavy (non-hydrogen) atoms. The monoisotopic (exact) mass is 310 g/mol. The molecule has 3 nitrogen and oxygen atoms in total. The highest BCUT2D eigenvalue weighted by Gasteiger charge is 2.07. The smallest absolute Gasteiger partial charge is 0.252 e. The number of nitrogen functional groups attached to an aromatic ring is 1. The van der Waals surface area contributed by atoms with E-state index >= 15 is 0 Å². The Morgan fingerprint density at radius 3 is 2.88 bits per heavy atom. The molecule has 2 rings (SSSR count). The zero-order valence-corrected chi connectivity index (χ0v) is 11.3. The Labute approximate surface area is 112 Å². The number of amides is 1. The molecule has 88 valence electrons. The van der Waals surface area contributed by atoms with Gasteiger partial charge in [0.1, 0.15) is 0 Å². The highest BCUT2D eigenvalue weighted by Crippen LogP contribution is 2.20. The van der Waals surface area contributed by atoms with Gasteiger partial charge in [-0.1, -0.05) is 12.1 Å². The highest BCUT2D eigenvalue weighted by molar-refractivity contribution is 9.11. The number of carbonyl (C=O) groups excluding carboxylic acids is 1. The van der Waals surface area contributed by atoms with Gasteiger partial charge in [0.15, 0.2) is 0 Å². The molecule has 0 saturated carbocycles. The number of benzene rings is 1. The van der Waals surface area contributed by atoms with Crippen LogP contribution in [0.1, 0.15) is 15.9 Å². The molecule has 1 heterocycles. The molecule has 0 aliphatic heterocycles. The van der Waals surface area contributed by atoms with E-state index in [0.29, 0.717) is 17.8 Å². The molecule has 2 aromatic rings. The third-order valence-corrected chi connectivity index (χ3v) is 3.74. The fourth-order valence-electron chi connectivity index (χ4n) is 1.42. The maximum Gasteiger partial charge on any atom is 0.252 e. The molecular formula is C12H11BrN2OS. The van der Waals surface area contributed by atoms with Crippen LogP contribution in [0.5, 0.6) is 0 Å². The van der Waals surface area contributed by atoms with E-state index in [9.17, 15) is 4.79 Å². The molecule has 0 unspecified atom stereocenters. The molecule has 3 N–H and O–H groups in total. The summed E-state index contributed by atoms with van der Waals surface area (Å²) in [5.74, 6) is -0.0747. The van der Waals surface area contributed by atoms with Crippen molar-refractivity contribution in [3.63, 3.8) is 0 Å². The maximum atomic E-state index is 11.8. The molecule has 0 spiro atoms. The van der Waals surface area contributed by atoms with E-state index in [0.717, 1.165) is 9.35 Å². The molecule has 0 radical (unpaired) electrons. The predicted octanol–water partition coefficient (Wildman–Crippen LogP) is 3.02. The van der Waals surface area contributed by atoms with Crippen molar-refractivity contribution < 1.29 is 4.79 Å². The number of hydrogen-bond acceptors (Lipinski definition) is 3. The van der Waals surface area contributed by atoms with Crippen LogP contribution in [0.2, 0.25) is 0 Å². The second-order valence-corrected chi connectivity index (χ2v) is 5.86. The Bertz CT molecular complexity index is 539. The summed E-state index contributed by atoms with van der Waals surface area (Å²) in [5, 5.41) is 4.67. The molecule has 0 fully saturated rings. The Morgan fingerprint density at radius 1 is 1.41 bits per heavy atom. The van der Waals surface area contributed by atoms with Crippen LogP contribution in [-0.4, -0.2) is 5.91 Å². The van der Waals surface area contributed by atoms with Crippen molar-refractivity contribution in [1.82, 2.24) is 5.32 Å². The molecule has 5 heteroatoms. The minimum absolute atomic E-state index is 0.0747. The SMILES string of the molecule is Nc1cccc(CNC(=O)c2csc(Br)c2)c1. The van der Waals surface area contributed by atoms with Crippen LogP contribution < -0.4 is 11.1 Å². The zero-order valence-electron chi connectivity index (χ0n) is 8.94. The number of nitrogens with one attached hydrogen (secondary N) is 1. The quantitative estimate of drug-likeness (QED) is 0.856. The minimum Gasteiger partial charge on any atom is -0.399 e. The van der Waals surface area contributed by atoms with Crippen molar-refractivity contribution in [3.05, 3.63) is 50.6 Å². The number of rotatable bonds is 3. The first-order valence-corrected chi connectivity index (χ1v) is 6.69. The fourth-order valence-corrected chi connectivity index (χ4v) is 2.55. The lowest BCUT2D eigenvalue weighted by atomic mass is 10.2. The van der Waals surface area contributed by atoms with Gasteiger partial charge in [-0.25, -0.2) is 0 Å². The number of halogens is 1. The van der Waals surface area contributed by atoms with Gasteiger partial charge < -0.3 is 11.1 Å². The van der Waals surface area contributed by atoms with Crippen molar-refractivity contribution >= 4 is 38.9 Å². The second-order valence-electron chi connectivity index (χ2n) is 3.57. The third kappa shape index (κ3) is 3.31. The molecule has 1 aromatic carbocycles. The highest BCUT2D eigenvalue weighted by atomic mass is 79.9. The standard InChI is InChI=1S/C12H11BrN2OS/c13-11-5-9(7-17-11)12(16)15-6-8-2-1-3-10(14)4-8/h1-5,7H,6,14H2,(H,15,16). The topological polar surface area (TPSA) is 55.1 Å². The summed E-state index contributed by atoms with van der Waals surface area (Å²) in [6, 6.07) is 9.28. The van der Waals surface area contributed by atoms with Crippen molar-refractivity contribution in [2.24, 2.45) is 0 Å². The lowest BCUT2D eigenvalue weighted by Gasteiger charge is -2.04. The van der Waals surface area contributed by atoms with Gasteiger partial charge in [0.25, 0.3) is 5.91 Å². The summed E-state index contributed by atoms with van der Waals surface area (Å²) in [7, 11) is 0. The van der Waals surface area contributed by atoms with Crippen LogP contribution >= 0.6 is 27.3 Å². The van der Waals surface area contributed by atoms with E-state index in [1.807, 2.05) is 29.6 Å². The number of nitrogens with two attached hydrogens (primary N) is 1. The van der Waals surface area contributed by atoms with Gasteiger partial charge in [0.05, 0.1) is 9.35 Å². The molecule has 1 aromatic heterocycles. The molecule has 0 saturated heterocycles. The number of carbonyl (C=O) groups is 1. The van der Waals surface area contributed by atoms with Gasteiger partial charge in [-0.2, -0.15) is 0 Å². The van der Waals surface area contributed by atoms with Crippen LogP contribution in [0, 0.1) is 0 Å². The predicted molar refractivity (Wildman–Crippen MR) is 74.0 cm³/mol. The molecule has 0 aliphatic carbocycles. The molecule has 0 aliphatic rings. The molecular weight excluding hydrogens is 300 g/mol. The summed E-state index contributed by atoms with van der Waals surface area (Å²) < 4.78 is 0.951. The van der Waals surface area contributed by atoms with E-state index in [2.05, 4.69) is 21.2 Å². The van der Waals surface area contributed by atoms with Crippen LogP contribution in [0.4, 0.5) is 5.69 Å². The van der Waals surface area contributed by atoms with E-state index in [-0.39, 0.29) is 5.91 Å². The molecule has 0 atom stereocenters. The number of anilines is 1. The van der Waals surface area contributed by atoms with Gasteiger partial charge in [0, 0.05) is 17.6 Å². The first-order valence-electron chi connectivity index (χ1n) is 5.02. The Balaban J connectivity index is 1.97. The van der Waals surface area contributed by atoms with Crippen molar-refractivity contribution in [1.29, 1.82) is 0 Å². The lowest BCUT2D eigenvalue weighted by Crippen LogP contribution is -2.22. The Morgan fingerprint density at radius 2 is 2.24 bits per heavy atom. The van der Waals surface area contributed by atoms with Gasteiger partial charge in [0.2, 0.25) is 0 Å². The summed E-state index contributed by atoms with van der Waals surface area (Å²) in [4.78, 5) is 11.8. The Kier molecular flexibility index (Phi) is 3.81. The lowest BCUT2D eigenvalue weighted by molar-refractivity contribution is 0.0951. The van der Waals surface area contributed by atoms with E-state index in [4.69, 9.17) is 5.73 Å². The van der Waals surface area contributed by atoms with Gasteiger partial charge in [-0.05, 0) is 39.7 Å². The average Bonchev–Trinajstić information content (AvgIpc) is 2.73. The normalized spacial score (nSPS) is 10.2. The zero-order chi connectivity index (χ0) is 12.3. The van der Waals surface area contributed by atoms with Crippen molar-refractivity contribution in [2.45, 2.75) is 6.54 Å². The second kappa shape index (κ2) is 5.33. The molecule has 0 bridgehead atoms. The third-order valence-electron chi connectivity index (χ3n) is 2.23. The first-order chi connectivity index (χ1) is 8.15. The van der Waals surface area contributed by atoms with E-state index in [1.54, 1.807) is 6.07 Å². The van der Waals surface area contributed by atoms with E-state index < -0.39 is 0 Å². The average molecular weight is 311 g/mol. The number of hydrogen-bond donors (Lipinski definition) is 2. The first kappa shape index (κ1) is 12.1. The van der Waals surface area contributed by atoms with Crippen molar-refractivity contribution in [2.75, 3.05) is 5.73 Å². The van der Waals surface area contributed by atoms with Gasteiger partial charge in [-0.3, -0.25) is 4.79 Å². The minimum atomic E-state index is -0.0747. The van der Waals surface area contributed by atoms with Crippen LogP contribution in [0.15, 0.2) is 39.5 Å². The van der Waals surface area contributed by atoms with Crippen molar-refractivity contribution in [3.8, 4) is 0 Å². The number of thiophene rings is 1. The Hall–Kier alpha value is -1.33. The maximum absolute atomic E-state index is 11.8. The molecule has 1 amide bonds. The summed E-state index contributed by atoms with van der Waals surface area (Å²) in [6.45, 7) is 0.483. The largest absolute Gasteiger partial charge is 0.399 e. The summed E-state index contributed by atoms with van der Waals surface area (Å²) in [5.41, 5.74) is 8.03. The van der Waals surface area contributed by atoms with Gasteiger partial charge >= 0.3 is 0 Å². The summed E-state index contributed by atoms with van der Waals surface area (Å²) >= 11 is 4.82. The van der Waals surface area contributed by atoms with Crippen LogP contribution in [0.25, 0.3) is 0 Å². The van der Waals surface area contributed by atoms with Crippen LogP contribution in [0.3, 0.4) is 0 Å². The van der Waals surface area contributed by atoms with Gasteiger partial charge in [-0.15, -0.1) is 11.3 Å². The fraction of sp³-hybridized carbons (Fsp3) is 0.0833. The van der Waals surface area contributed by atoms with Crippen LogP contribution in [-0.2, 0) is 6.54 Å². The summed E-state index contributed by atoms with van der Waals surface area (Å²) in [6.07, 6.45) is 0. The van der Waals surface area contributed by atoms with E-state index in [1.165, 1.54) is 11.3 Å².